The van der Waals surface area contributed by atoms with E-state index in [0.29, 0.717) is 83.8 Å². The lowest BCUT2D eigenvalue weighted by Crippen LogP contribution is -2.41. The van der Waals surface area contributed by atoms with Crippen molar-refractivity contribution in [2.24, 2.45) is 11.8 Å². The number of hydrogen-bond donors (Lipinski definition) is 6. The number of amides is 4. The van der Waals surface area contributed by atoms with Crippen molar-refractivity contribution in [1.29, 1.82) is 0 Å². The molecule has 0 aliphatic rings. The van der Waals surface area contributed by atoms with Crippen LogP contribution in [0.2, 0.25) is 0 Å². The molecule has 0 saturated carbocycles. The van der Waals surface area contributed by atoms with E-state index >= 15 is 0 Å². The molecule has 0 heterocycles. The molecule has 6 N–H and O–H groups in total. The van der Waals surface area contributed by atoms with Gasteiger partial charge in [0, 0.05) is 70.4 Å². The summed E-state index contributed by atoms with van der Waals surface area (Å²) >= 11 is 0. The molecule has 0 fully saturated rings. The lowest BCUT2D eigenvalue weighted by molar-refractivity contribution is -0.142. The molecule has 1 aromatic rings. The van der Waals surface area contributed by atoms with Gasteiger partial charge in [-0.2, -0.15) is 0 Å². The van der Waals surface area contributed by atoms with Crippen molar-refractivity contribution in [3.63, 3.8) is 0 Å². The van der Waals surface area contributed by atoms with Crippen LogP contribution < -0.4 is 26.0 Å². The Balaban J connectivity index is 1.96. The number of ether oxygens (including phenoxy) is 7. The van der Waals surface area contributed by atoms with Crippen LogP contribution in [0, 0.1) is 11.8 Å². The number of rotatable bonds is 56. The van der Waals surface area contributed by atoms with Crippen molar-refractivity contribution in [2.45, 2.75) is 162 Å². The zero-order valence-electron chi connectivity index (χ0n) is 48.1. The minimum atomic E-state index is -1.19. The number of aromatic carboxylic acids is 1. The predicted octanol–water partition coefficient (Wildman–Crippen LogP) is 5.97. The van der Waals surface area contributed by atoms with E-state index in [9.17, 15) is 48.3 Å². The smallest absolute Gasteiger partial charge is 0.335 e. The molecule has 0 aromatic heterocycles. The maximum atomic E-state index is 12.9. The molecule has 0 aliphatic heterocycles. The molecule has 456 valence electrons. The van der Waals surface area contributed by atoms with E-state index in [4.69, 9.17) is 38.3 Å². The van der Waals surface area contributed by atoms with Crippen LogP contribution in [-0.2, 0) is 66.8 Å². The highest BCUT2D eigenvalue weighted by molar-refractivity contribution is 5.88. The van der Waals surface area contributed by atoms with Gasteiger partial charge in [-0.25, -0.2) is 9.59 Å². The molecule has 1 aromatic carbocycles. The molecule has 4 amide bonds. The summed E-state index contributed by atoms with van der Waals surface area (Å²) in [5, 5.41) is 29.4. The maximum Gasteiger partial charge on any atom is 0.335 e. The third-order valence-corrected chi connectivity index (χ3v) is 12.8. The molecule has 22 heteroatoms. The lowest BCUT2D eigenvalue weighted by atomic mass is 9.87. The van der Waals surface area contributed by atoms with Crippen molar-refractivity contribution in [3.8, 4) is 5.75 Å². The molecule has 22 nitrogen and oxygen atoms in total. The molecule has 0 bridgehead atoms. The Morgan fingerprint density at radius 2 is 1.00 bits per heavy atom. The first-order valence-electron chi connectivity index (χ1n) is 28.9. The summed E-state index contributed by atoms with van der Waals surface area (Å²) in [5.41, 5.74) is 0.212. The van der Waals surface area contributed by atoms with Crippen LogP contribution in [0.4, 0.5) is 0 Å². The summed E-state index contributed by atoms with van der Waals surface area (Å²) in [7, 11) is 0. The standard InChI is InChI=1S/C58H96N4O18/c1-4-5-31-74-35-38-77-42-54(67)59-28-14-12-18-45(2)52(65)41-48(46(3)63)19-13-15-29-60-55(68)43-79-40-37-76-34-30-61-56(69)44-78-39-36-75-32-17-20-49(64)24-27-51(58(72)73)62-53(66)21-11-9-7-6-8-10-16-33-80-50-25-22-47(23-26-50)57(70)71/h22-23,25-26,45,48,51H,4-21,24,27-44H2,1-3H3,(H,59,67)(H,60,68)(H,61,69)(H,62,66)(H,70,71)(H,72,73)/t45-,48+,51-/m0/s1. The van der Waals surface area contributed by atoms with E-state index in [1.54, 1.807) is 12.1 Å². The van der Waals surface area contributed by atoms with E-state index < -0.39 is 18.0 Å². The Labute approximate surface area is 473 Å². The highest BCUT2D eigenvalue weighted by atomic mass is 16.5. The van der Waals surface area contributed by atoms with Gasteiger partial charge in [0.05, 0.1) is 58.4 Å². The molecule has 0 aliphatic carbocycles. The van der Waals surface area contributed by atoms with E-state index in [2.05, 4.69) is 28.2 Å². The Kier molecular flexibility index (Phi) is 44.9. The largest absolute Gasteiger partial charge is 0.494 e. The van der Waals surface area contributed by atoms with Gasteiger partial charge in [0.2, 0.25) is 23.6 Å². The second-order valence-corrected chi connectivity index (χ2v) is 19.8. The van der Waals surface area contributed by atoms with Crippen molar-refractivity contribution < 1.29 is 86.5 Å². The van der Waals surface area contributed by atoms with E-state index in [0.717, 1.165) is 64.2 Å². The summed E-state index contributed by atoms with van der Waals surface area (Å²) < 4.78 is 38.0. The SMILES string of the molecule is CCCCOCCOCC(=O)NCCCC[C@H](C)C(=O)C[C@@H](CCCCNC(=O)COCCOCCNC(=O)COCCOCCCC(=O)CC[C@H](NC(=O)CCCCCCCCCOc1ccc(C(=O)O)cc1)C(=O)O)C(C)=O. The second kappa shape index (κ2) is 49.4. The fourth-order valence-electron chi connectivity index (χ4n) is 7.90. The van der Waals surface area contributed by atoms with Gasteiger partial charge in [-0.15, -0.1) is 0 Å². The zero-order valence-corrected chi connectivity index (χ0v) is 48.1. The van der Waals surface area contributed by atoms with Gasteiger partial charge in [-0.1, -0.05) is 65.2 Å². The molecule has 0 spiro atoms. The minimum absolute atomic E-state index is 0.000922. The van der Waals surface area contributed by atoms with Gasteiger partial charge in [-0.05, 0) is 89.0 Å². The third kappa shape index (κ3) is 42.5. The van der Waals surface area contributed by atoms with Gasteiger partial charge in [0.25, 0.3) is 0 Å². The van der Waals surface area contributed by atoms with Crippen LogP contribution in [0.3, 0.4) is 0 Å². The Bertz CT molecular complexity index is 1890. The number of carboxylic acid groups (broad SMARTS) is 2. The van der Waals surface area contributed by atoms with Crippen molar-refractivity contribution in [2.75, 3.05) is 106 Å². The van der Waals surface area contributed by atoms with Gasteiger partial charge < -0.3 is 64.6 Å². The summed E-state index contributed by atoms with van der Waals surface area (Å²) in [4.78, 5) is 109. The molecule has 0 radical (unpaired) electrons. The van der Waals surface area contributed by atoms with Crippen molar-refractivity contribution in [1.82, 2.24) is 21.3 Å². The first kappa shape index (κ1) is 72.6. The predicted molar refractivity (Wildman–Crippen MR) is 298 cm³/mol. The monoisotopic (exact) mass is 1140 g/mol. The Morgan fingerprint density at radius 1 is 0.487 bits per heavy atom. The summed E-state index contributed by atoms with van der Waals surface area (Å²) in [6.07, 6.45) is 13.5. The number of nitrogens with one attached hydrogen (secondary N) is 4. The fraction of sp³-hybridized carbons (Fsp3) is 0.741. The molecule has 80 heavy (non-hydrogen) atoms. The Morgan fingerprint density at radius 3 is 1.55 bits per heavy atom. The first-order valence-corrected chi connectivity index (χ1v) is 28.9. The highest BCUT2D eigenvalue weighted by Gasteiger charge is 2.23. The topological polar surface area (TPSA) is 307 Å². The number of Topliss-reactive ketones (excluding diaryl/α,β-unsaturated/α-hetero) is 3. The van der Waals surface area contributed by atoms with Crippen LogP contribution in [0.15, 0.2) is 24.3 Å². The Hall–Kier alpha value is -5.39. The summed E-state index contributed by atoms with van der Waals surface area (Å²) in [6.45, 7) is 9.69. The average molecular weight is 1140 g/mol. The first-order chi connectivity index (χ1) is 38.6. The number of aliphatic carboxylic acids is 1. The number of carbonyl (C=O) groups excluding carboxylic acids is 7. The van der Waals surface area contributed by atoms with Gasteiger partial charge in [-0.3, -0.25) is 33.6 Å². The van der Waals surface area contributed by atoms with E-state index in [1.165, 1.54) is 19.1 Å². The number of unbranched alkanes of at least 4 members (excludes halogenated alkanes) is 9. The normalized spacial score (nSPS) is 12.2. The van der Waals surface area contributed by atoms with Gasteiger partial charge in [0.15, 0.2) is 0 Å². The minimum Gasteiger partial charge on any atom is -0.494 e. The third-order valence-electron chi connectivity index (χ3n) is 12.8. The number of carboxylic acids is 2. The van der Waals surface area contributed by atoms with E-state index in [1.807, 2.05) is 6.92 Å². The molecular formula is C58H96N4O18. The summed E-state index contributed by atoms with van der Waals surface area (Å²) in [6, 6.07) is 5.15. The summed E-state index contributed by atoms with van der Waals surface area (Å²) in [5.74, 6) is -3.32. The number of benzene rings is 1. The molecular weight excluding hydrogens is 1040 g/mol. The molecule has 3 atom stereocenters. The van der Waals surface area contributed by atoms with Crippen LogP contribution >= 0.6 is 0 Å². The molecule has 0 unspecified atom stereocenters. The van der Waals surface area contributed by atoms with E-state index in [-0.39, 0.29) is 156 Å². The van der Waals surface area contributed by atoms with Crippen molar-refractivity contribution >= 4 is 52.9 Å². The number of hydrogen-bond acceptors (Lipinski definition) is 16. The fourth-order valence-corrected chi connectivity index (χ4v) is 7.90. The van der Waals surface area contributed by atoms with Gasteiger partial charge in [0.1, 0.15) is 49.0 Å². The highest BCUT2D eigenvalue weighted by Crippen LogP contribution is 2.20. The zero-order chi connectivity index (χ0) is 58.9. The lowest BCUT2D eigenvalue weighted by Gasteiger charge is -2.16. The van der Waals surface area contributed by atoms with Crippen LogP contribution in [0.25, 0.3) is 0 Å². The number of carbonyl (C=O) groups is 9. The maximum absolute atomic E-state index is 12.9. The van der Waals surface area contributed by atoms with Gasteiger partial charge >= 0.3 is 11.9 Å². The van der Waals surface area contributed by atoms with Crippen LogP contribution in [-0.4, -0.2) is 175 Å². The average Bonchev–Trinajstić information content (AvgIpc) is 3.43. The van der Waals surface area contributed by atoms with Crippen molar-refractivity contribution in [3.05, 3.63) is 29.8 Å². The molecule has 0 saturated heterocycles. The number of ketones is 3. The second-order valence-electron chi connectivity index (χ2n) is 19.8. The molecule has 1 rings (SSSR count). The van der Waals surface area contributed by atoms with Crippen LogP contribution in [0.1, 0.15) is 166 Å². The quantitative estimate of drug-likeness (QED) is 0.0409. The van der Waals surface area contributed by atoms with Crippen LogP contribution in [0.5, 0.6) is 5.75 Å².